The Balaban J connectivity index is 3.47. The second kappa shape index (κ2) is 18.2. The minimum Gasteiger partial charge on any atom is -0.460 e. The van der Waals surface area contributed by atoms with Gasteiger partial charge in [0, 0.05) is 6.42 Å². The zero-order valence-corrected chi connectivity index (χ0v) is 18.0. The van der Waals surface area contributed by atoms with Gasteiger partial charge in [0.1, 0.15) is 0 Å². The fourth-order valence-electron chi connectivity index (χ4n) is 2.98. The van der Waals surface area contributed by atoms with E-state index in [-0.39, 0.29) is 13.0 Å². The lowest BCUT2D eigenvalue weighted by Gasteiger charge is -2.05. The lowest BCUT2D eigenvalue weighted by molar-refractivity contribution is -0.157. The largest absolute Gasteiger partial charge is 0.460 e. The Kier molecular flexibility index (Phi) is 17.4. The summed E-state index contributed by atoms with van der Waals surface area (Å²) in [4.78, 5) is 34.9. The van der Waals surface area contributed by atoms with Gasteiger partial charge in [-0.3, -0.25) is 9.59 Å². The number of Topliss-reactive ketones (excluding diaryl/α,β-unsaturated/α-hetero) is 2. The van der Waals surface area contributed by atoms with E-state index in [4.69, 9.17) is 4.74 Å². The van der Waals surface area contributed by atoms with Gasteiger partial charge in [-0.2, -0.15) is 0 Å². The molecule has 0 radical (unpaired) electrons. The van der Waals surface area contributed by atoms with E-state index in [2.05, 4.69) is 6.92 Å². The molecular weight excluding hydrogens is 340 g/mol. The van der Waals surface area contributed by atoms with Crippen LogP contribution in [-0.4, -0.2) is 24.1 Å². The molecule has 4 heteroatoms. The molecule has 0 aliphatic carbocycles. The second-order valence-electron chi connectivity index (χ2n) is 8.06. The Morgan fingerprint density at radius 2 is 1.15 bits per heavy atom. The number of carbonyl (C=O) groups excluding carboxylic acids is 3. The first-order valence-electron chi connectivity index (χ1n) is 11.2. The molecule has 27 heavy (non-hydrogen) atoms. The number of esters is 1. The molecule has 0 unspecified atom stereocenters. The fourth-order valence-corrected chi connectivity index (χ4v) is 2.98. The number of hydrogen-bond acceptors (Lipinski definition) is 4. The minimum absolute atomic E-state index is 0.163. The molecule has 0 fully saturated rings. The first-order chi connectivity index (χ1) is 13.0. The van der Waals surface area contributed by atoms with Crippen molar-refractivity contribution in [1.29, 1.82) is 0 Å². The van der Waals surface area contributed by atoms with Crippen molar-refractivity contribution in [2.75, 3.05) is 6.61 Å². The molecule has 0 aliphatic heterocycles. The molecule has 0 atom stereocenters. The maximum absolute atomic E-state index is 11.7. The molecule has 0 aromatic carbocycles. The molecular formula is C23H42O4. The molecule has 0 N–H and O–H groups in total. The van der Waals surface area contributed by atoms with Crippen LogP contribution in [0.15, 0.2) is 0 Å². The summed E-state index contributed by atoms with van der Waals surface area (Å²) in [6, 6.07) is 0. The van der Waals surface area contributed by atoms with Gasteiger partial charge in [0.2, 0.25) is 5.78 Å². The fraction of sp³-hybridized carbons (Fsp3) is 0.870. The smallest absolute Gasteiger partial charge is 0.382 e. The Morgan fingerprint density at radius 1 is 0.704 bits per heavy atom. The molecule has 4 nitrogen and oxygen atoms in total. The van der Waals surface area contributed by atoms with E-state index in [1.165, 1.54) is 64.2 Å². The normalized spacial score (nSPS) is 11.0. The Morgan fingerprint density at radius 3 is 1.59 bits per heavy atom. The summed E-state index contributed by atoms with van der Waals surface area (Å²) in [7, 11) is 0. The van der Waals surface area contributed by atoms with Crippen molar-refractivity contribution < 1.29 is 19.1 Å². The predicted molar refractivity (Wildman–Crippen MR) is 111 cm³/mol. The Bertz CT molecular complexity index is 401. The number of ether oxygens (including phenoxy) is 1. The molecule has 0 rings (SSSR count). The van der Waals surface area contributed by atoms with Gasteiger partial charge >= 0.3 is 11.8 Å². The van der Waals surface area contributed by atoms with E-state index in [9.17, 15) is 14.4 Å². The molecule has 158 valence electrons. The first-order valence-corrected chi connectivity index (χ1v) is 11.2. The molecule has 0 aromatic heterocycles. The molecule has 0 heterocycles. The third-order valence-corrected chi connectivity index (χ3v) is 4.87. The Labute approximate surface area is 166 Å². The lowest BCUT2D eigenvalue weighted by Crippen LogP contribution is -2.26. The lowest BCUT2D eigenvalue weighted by atomic mass is 10.0. The average molecular weight is 383 g/mol. The van der Waals surface area contributed by atoms with Crippen molar-refractivity contribution in [3.8, 4) is 0 Å². The van der Waals surface area contributed by atoms with Crippen LogP contribution in [0.1, 0.15) is 117 Å². The van der Waals surface area contributed by atoms with E-state index >= 15 is 0 Å². The number of unbranched alkanes of at least 4 members (excludes halogenated alkanes) is 12. The number of ketones is 2. The van der Waals surface area contributed by atoms with Crippen molar-refractivity contribution in [3.05, 3.63) is 0 Å². The third kappa shape index (κ3) is 16.7. The van der Waals surface area contributed by atoms with E-state index in [1.807, 2.05) is 13.8 Å². The van der Waals surface area contributed by atoms with Crippen molar-refractivity contribution in [2.45, 2.75) is 117 Å². The molecule has 0 saturated heterocycles. The van der Waals surface area contributed by atoms with E-state index in [0.29, 0.717) is 18.8 Å². The first kappa shape index (κ1) is 25.8. The third-order valence-electron chi connectivity index (χ3n) is 4.87. The molecule has 0 aliphatic rings. The van der Waals surface area contributed by atoms with Crippen LogP contribution in [0.25, 0.3) is 0 Å². The topological polar surface area (TPSA) is 60.4 Å². The summed E-state index contributed by atoms with van der Waals surface area (Å²) in [5.74, 6) is -2.19. The maximum atomic E-state index is 11.7. The van der Waals surface area contributed by atoms with Crippen LogP contribution in [0.2, 0.25) is 0 Å². The molecule has 0 amide bonds. The van der Waals surface area contributed by atoms with Crippen LogP contribution in [0.5, 0.6) is 0 Å². The zero-order chi connectivity index (χ0) is 20.3. The van der Waals surface area contributed by atoms with Crippen LogP contribution in [0, 0.1) is 5.92 Å². The average Bonchev–Trinajstić information content (AvgIpc) is 2.64. The van der Waals surface area contributed by atoms with Gasteiger partial charge in [0.05, 0.1) is 6.61 Å². The minimum atomic E-state index is -0.990. The van der Waals surface area contributed by atoms with Crippen LogP contribution in [-0.2, 0) is 19.1 Å². The molecule has 0 spiro atoms. The zero-order valence-electron chi connectivity index (χ0n) is 18.0. The van der Waals surface area contributed by atoms with Gasteiger partial charge < -0.3 is 4.74 Å². The van der Waals surface area contributed by atoms with Crippen molar-refractivity contribution in [1.82, 2.24) is 0 Å². The van der Waals surface area contributed by atoms with Crippen molar-refractivity contribution in [2.24, 2.45) is 5.92 Å². The summed E-state index contributed by atoms with van der Waals surface area (Å²) in [5, 5.41) is 0. The summed E-state index contributed by atoms with van der Waals surface area (Å²) in [6.07, 6.45) is 16.8. The predicted octanol–water partition coefficient (Wildman–Crippen LogP) is 6.20. The van der Waals surface area contributed by atoms with Gasteiger partial charge in [0.25, 0.3) is 0 Å². The number of rotatable bonds is 19. The van der Waals surface area contributed by atoms with Crippen molar-refractivity contribution in [3.63, 3.8) is 0 Å². The van der Waals surface area contributed by atoms with Crippen LogP contribution >= 0.6 is 0 Å². The maximum Gasteiger partial charge on any atom is 0.382 e. The van der Waals surface area contributed by atoms with Gasteiger partial charge in [-0.05, 0) is 18.8 Å². The standard InChI is InChI=1S/C23H42O4/c1-4-5-6-7-8-9-10-11-12-13-14-15-16-17-21(24)22(25)23(26)27-19-18-20(2)3/h20H,4-19H2,1-3H3. The highest BCUT2D eigenvalue weighted by atomic mass is 16.5. The van der Waals surface area contributed by atoms with Crippen LogP contribution < -0.4 is 0 Å². The summed E-state index contributed by atoms with van der Waals surface area (Å²) in [6.45, 7) is 6.47. The van der Waals surface area contributed by atoms with Gasteiger partial charge in [0.15, 0.2) is 0 Å². The molecule has 0 saturated carbocycles. The molecule has 0 aromatic rings. The van der Waals surface area contributed by atoms with Gasteiger partial charge in [-0.15, -0.1) is 0 Å². The highest BCUT2D eigenvalue weighted by Crippen LogP contribution is 2.13. The Hall–Kier alpha value is -1.19. The monoisotopic (exact) mass is 382 g/mol. The highest BCUT2D eigenvalue weighted by Gasteiger charge is 2.23. The summed E-state index contributed by atoms with van der Waals surface area (Å²) < 4.78 is 4.85. The summed E-state index contributed by atoms with van der Waals surface area (Å²) >= 11 is 0. The SMILES string of the molecule is CCCCCCCCCCCCCCCC(=O)C(=O)C(=O)OCCC(C)C. The highest BCUT2D eigenvalue weighted by molar-refractivity contribution is 6.62. The van der Waals surface area contributed by atoms with Crippen molar-refractivity contribution >= 4 is 17.5 Å². The van der Waals surface area contributed by atoms with E-state index < -0.39 is 17.5 Å². The quantitative estimate of drug-likeness (QED) is 0.116. The van der Waals surface area contributed by atoms with Gasteiger partial charge in [-0.1, -0.05) is 97.8 Å². The van der Waals surface area contributed by atoms with Crippen LogP contribution in [0.3, 0.4) is 0 Å². The van der Waals surface area contributed by atoms with Crippen LogP contribution in [0.4, 0.5) is 0 Å². The van der Waals surface area contributed by atoms with E-state index in [1.54, 1.807) is 0 Å². The van der Waals surface area contributed by atoms with Gasteiger partial charge in [-0.25, -0.2) is 4.79 Å². The molecule has 0 bridgehead atoms. The number of carbonyl (C=O) groups is 3. The van der Waals surface area contributed by atoms with E-state index in [0.717, 1.165) is 12.8 Å². The second-order valence-corrected chi connectivity index (χ2v) is 8.06. The number of hydrogen-bond donors (Lipinski definition) is 0. The summed E-state index contributed by atoms with van der Waals surface area (Å²) in [5.41, 5.74) is 0.